The third-order valence-corrected chi connectivity index (χ3v) is 2.87. The second kappa shape index (κ2) is 6.34. The summed E-state index contributed by atoms with van der Waals surface area (Å²) < 4.78 is 10.3. The van der Waals surface area contributed by atoms with Gasteiger partial charge < -0.3 is 14.6 Å². The van der Waals surface area contributed by atoms with Gasteiger partial charge in [0.25, 0.3) is 0 Å². The Bertz CT molecular complexity index is 612. The number of pyridine rings is 1. The van der Waals surface area contributed by atoms with E-state index >= 15 is 0 Å². The van der Waals surface area contributed by atoms with Crippen LogP contribution in [-0.2, 0) is 9.53 Å². The Morgan fingerprint density at radius 3 is 2.80 bits per heavy atom. The van der Waals surface area contributed by atoms with Crippen LogP contribution in [-0.4, -0.2) is 29.3 Å². The van der Waals surface area contributed by atoms with Gasteiger partial charge in [0.15, 0.2) is 6.10 Å². The number of aromatic nitrogens is 1. The molecule has 20 heavy (non-hydrogen) atoms. The first-order chi connectivity index (χ1) is 9.69. The molecule has 1 heterocycles. The Morgan fingerprint density at radius 2 is 2.10 bits per heavy atom. The molecule has 0 aliphatic carbocycles. The predicted molar refractivity (Wildman–Crippen MR) is 74.5 cm³/mol. The molecule has 0 saturated heterocycles. The summed E-state index contributed by atoms with van der Waals surface area (Å²) in [6.07, 6.45) is 0.322. The van der Waals surface area contributed by atoms with Crippen LogP contribution in [0.25, 0.3) is 10.9 Å². The Kier molecular flexibility index (Phi) is 4.53. The highest BCUT2D eigenvalue weighted by molar-refractivity contribution is 5.91. The fourth-order valence-corrected chi connectivity index (χ4v) is 2.03. The van der Waals surface area contributed by atoms with Crippen LogP contribution in [0.4, 0.5) is 0 Å². The number of rotatable bonds is 5. The number of hydrogen-bond acceptors (Lipinski definition) is 5. The number of ether oxygens (including phenoxy) is 2. The molecule has 1 aromatic heterocycles. The van der Waals surface area contributed by atoms with Gasteiger partial charge in [0, 0.05) is 17.1 Å². The second-order valence-corrected chi connectivity index (χ2v) is 4.14. The molecule has 5 nitrogen and oxygen atoms in total. The van der Waals surface area contributed by atoms with Crippen LogP contribution in [0.3, 0.4) is 0 Å². The zero-order chi connectivity index (χ0) is 14.5. The normalized spacial score (nSPS) is 12.2. The van der Waals surface area contributed by atoms with E-state index < -0.39 is 12.1 Å². The van der Waals surface area contributed by atoms with Crippen molar-refractivity contribution in [2.75, 3.05) is 13.2 Å². The van der Waals surface area contributed by atoms with Crippen LogP contribution in [0.1, 0.15) is 25.5 Å². The van der Waals surface area contributed by atoms with Crippen molar-refractivity contribution in [1.82, 2.24) is 4.98 Å². The lowest BCUT2D eigenvalue weighted by molar-refractivity contribution is -0.153. The molecule has 0 spiro atoms. The van der Waals surface area contributed by atoms with E-state index in [1.807, 2.05) is 6.92 Å². The lowest BCUT2D eigenvalue weighted by Crippen LogP contribution is -2.15. The zero-order valence-corrected chi connectivity index (χ0v) is 11.5. The molecule has 0 radical (unpaired) electrons. The first kappa shape index (κ1) is 14.3. The van der Waals surface area contributed by atoms with Crippen molar-refractivity contribution in [2.45, 2.75) is 20.0 Å². The average Bonchev–Trinajstić information content (AvgIpc) is 2.47. The molecule has 0 fully saturated rings. The molecule has 5 heteroatoms. The van der Waals surface area contributed by atoms with Gasteiger partial charge in [-0.2, -0.15) is 0 Å². The van der Waals surface area contributed by atoms with Crippen LogP contribution >= 0.6 is 0 Å². The van der Waals surface area contributed by atoms with E-state index in [0.717, 1.165) is 0 Å². The number of benzene rings is 1. The van der Waals surface area contributed by atoms with Crippen LogP contribution < -0.4 is 4.74 Å². The van der Waals surface area contributed by atoms with Crippen molar-refractivity contribution in [3.8, 4) is 5.75 Å². The summed E-state index contributed by atoms with van der Waals surface area (Å²) in [5.74, 6) is -0.0373. The van der Waals surface area contributed by atoms with Crippen molar-refractivity contribution in [1.29, 1.82) is 0 Å². The van der Waals surface area contributed by atoms with Crippen molar-refractivity contribution in [3.05, 3.63) is 36.0 Å². The highest BCUT2D eigenvalue weighted by Gasteiger charge is 2.22. The maximum absolute atomic E-state index is 11.7. The van der Waals surface area contributed by atoms with Gasteiger partial charge in [0.05, 0.1) is 13.2 Å². The van der Waals surface area contributed by atoms with Crippen LogP contribution in [0.2, 0.25) is 0 Å². The molecule has 1 aromatic carbocycles. The van der Waals surface area contributed by atoms with Gasteiger partial charge in [-0.1, -0.05) is 12.1 Å². The predicted octanol–water partition coefficient (Wildman–Crippen LogP) is 2.23. The molecule has 1 atom stereocenters. The van der Waals surface area contributed by atoms with Crippen molar-refractivity contribution in [2.24, 2.45) is 0 Å². The molecule has 0 aliphatic heterocycles. The van der Waals surface area contributed by atoms with Gasteiger partial charge in [-0.3, -0.25) is 4.98 Å². The Labute approximate surface area is 117 Å². The van der Waals surface area contributed by atoms with Crippen LogP contribution in [0.5, 0.6) is 5.75 Å². The highest BCUT2D eigenvalue weighted by Crippen LogP contribution is 2.30. The lowest BCUT2D eigenvalue weighted by atomic mass is 10.0. The minimum Gasteiger partial charge on any atom is -0.492 e. The summed E-state index contributed by atoms with van der Waals surface area (Å²) >= 11 is 0. The van der Waals surface area contributed by atoms with E-state index in [4.69, 9.17) is 9.47 Å². The summed E-state index contributed by atoms with van der Waals surface area (Å²) in [5.41, 5.74) is 1.09. The molecule has 0 amide bonds. The number of fused-ring (bicyclic) bond motifs is 1. The molecule has 0 saturated carbocycles. The summed E-state index contributed by atoms with van der Waals surface area (Å²) in [6.45, 7) is 4.33. The number of carbonyl (C=O) groups is 1. The molecule has 2 aromatic rings. The molecular formula is C15H17NO4. The largest absolute Gasteiger partial charge is 0.492 e. The smallest absolute Gasteiger partial charge is 0.339 e. The summed E-state index contributed by atoms with van der Waals surface area (Å²) in [6, 6.07) is 6.91. The fraction of sp³-hybridized carbons (Fsp3) is 0.333. The minimum absolute atomic E-state index is 0.225. The minimum atomic E-state index is -1.32. The maximum Gasteiger partial charge on any atom is 0.339 e. The monoisotopic (exact) mass is 275 g/mol. The van der Waals surface area contributed by atoms with Gasteiger partial charge in [0.2, 0.25) is 0 Å². The summed E-state index contributed by atoms with van der Waals surface area (Å²) in [5, 5.41) is 10.8. The molecule has 1 unspecified atom stereocenters. The topological polar surface area (TPSA) is 68.7 Å². The fourth-order valence-electron chi connectivity index (χ4n) is 2.03. The van der Waals surface area contributed by atoms with E-state index in [-0.39, 0.29) is 6.61 Å². The summed E-state index contributed by atoms with van der Waals surface area (Å²) in [7, 11) is 0. The van der Waals surface area contributed by atoms with E-state index in [0.29, 0.717) is 28.8 Å². The van der Waals surface area contributed by atoms with Gasteiger partial charge in [-0.15, -0.1) is 0 Å². The first-order valence-electron chi connectivity index (χ1n) is 6.54. The molecule has 0 bridgehead atoms. The Morgan fingerprint density at radius 1 is 1.30 bits per heavy atom. The first-order valence-corrected chi connectivity index (χ1v) is 6.54. The zero-order valence-electron chi connectivity index (χ0n) is 11.5. The average molecular weight is 275 g/mol. The van der Waals surface area contributed by atoms with E-state index in [2.05, 4.69) is 4.98 Å². The van der Waals surface area contributed by atoms with Crippen molar-refractivity contribution in [3.63, 3.8) is 0 Å². The van der Waals surface area contributed by atoms with Gasteiger partial charge in [-0.05, 0) is 26.0 Å². The summed E-state index contributed by atoms with van der Waals surface area (Å²) in [4.78, 5) is 15.9. The van der Waals surface area contributed by atoms with Crippen molar-refractivity contribution >= 4 is 16.9 Å². The molecule has 0 aliphatic rings. The number of esters is 1. The quantitative estimate of drug-likeness (QED) is 0.847. The standard InChI is InChI=1S/C15H17NO4/c1-3-19-12-8-7-11(14(17)15(18)20-4-2)10-6-5-9-16-13(10)12/h5-9,14,17H,3-4H2,1-2H3. The Hall–Kier alpha value is -2.14. The SMILES string of the molecule is CCOC(=O)C(O)c1ccc(OCC)c2ncccc12. The number of aliphatic hydroxyl groups excluding tert-OH is 1. The van der Waals surface area contributed by atoms with Gasteiger partial charge in [-0.25, -0.2) is 4.79 Å². The van der Waals surface area contributed by atoms with E-state index in [1.54, 1.807) is 37.4 Å². The molecular weight excluding hydrogens is 258 g/mol. The van der Waals surface area contributed by atoms with Gasteiger partial charge >= 0.3 is 5.97 Å². The molecule has 2 rings (SSSR count). The third kappa shape index (κ3) is 2.72. The van der Waals surface area contributed by atoms with Gasteiger partial charge in [0.1, 0.15) is 11.3 Å². The van der Waals surface area contributed by atoms with E-state index in [1.165, 1.54) is 0 Å². The number of hydrogen-bond donors (Lipinski definition) is 1. The maximum atomic E-state index is 11.7. The van der Waals surface area contributed by atoms with Crippen LogP contribution in [0.15, 0.2) is 30.5 Å². The van der Waals surface area contributed by atoms with E-state index in [9.17, 15) is 9.90 Å². The lowest BCUT2D eigenvalue weighted by Gasteiger charge is -2.14. The van der Waals surface area contributed by atoms with Crippen LogP contribution in [0, 0.1) is 0 Å². The molecule has 106 valence electrons. The number of aliphatic hydroxyl groups is 1. The third-order valence-electron chi connectivity index (χ3n) is 2.87. The number of nitrogens with zero attached hydrogens (tertiary/aromatic N) is 1. The molecule has 1 N–H and O–H groups in total. The second-order valence-electron chi connectivity index (χ2n) is 4.14. The van der Waals surface area contributed by atoms with Crippen molar-refractivity contribution < 1.29 is 19.4 Å². The number of carbonyl (C=O) groups excluding carboxylic acids is 1. The highest BCUT2D eigenvalue weighted by atomic mass is 16.5. The Balaban J connectivity index is 2.50.